The summed E-state index contributed by atoms with van der Waals surface area (Å²) in [5, 5.41) is 3.43. The molecule has 2 atom stereocenters. The molecule has 90 valence electrons. The van der Waals surface area contributed by atoms with Crippen LogP contribution in [0.2, 0.25) is 0 Å². The summed E-state index contributed by atoms with van der Waals surface area (Å²) in [6, 6.07) is 9.39. The van der Waals surface area contributed by atoms with Gasteiger partial charge in [0, 0.05) is 12.5 Å². The van der Waals surface area contributed by atoms with Gasteiger partial charge in [-0.25, -0.2) is 0 Å². The Morgan fingerprint density at radius 2 is 2.12 bits per heavy atom. The predicted octanol–water partition coefficient (Wildman–Crippen LogP) is 2.79. The molecule has 0 amide bonds. The maximum absolute atomic E-state index is 3.43. The molecule has 1 N–H and O–H groups in total. The van der Waals surface area contributed by atoms with Gasteiger partial charge in [-0.2, -0.15) is 0 Å². The van der Waals surface area contributed by atoms with Crippen LogP contribution in [0.3, 0.4) is 0 Å². The normalized spacial score (nSPS) is 20.0. The molecule has 1 nitrogen and oxygen atoms in total. The van der Waals surface area contributed by atoms with E-state index < -0.39 is 0 Å². The van der Waals surface area contributed by atoms with Gasteiger partial charge in [0.05, 0.1) is 0 Å². The van der Waals surface area contributed by atoms with Crippen molar-refractivity contribution in [3.05, 3.63) is 35.4 Å². The first-order chi connectivity index (χ1) is 8.35. The van der Waals surface area contributed by atoms with E-state index in [2.05, 4.69) is 48.5 Å². The number of benzene rings is 1. The van der Waals surface area contributed by atoms with Crippen molar-refractivity contribution in [3.8, 4) is 11.8 Å². The molecule has 0 radical (unpaired) electrons. The largest absolute Gasteiger partial charge is 0.316 e. The summed E-state index contributed by atoms with van der Waals surface area (Å²) in [6.45, 7) is 1.92. The average molecular weight is 227 g/mol. The molecule has 0 aromatic heterocycles. The van der Waals surface area contributed by atoms with Crippen LogP contribution in [-0.2, 0) is 12.8 Å². The number of nitrogens with one attached hydrogen (secondary N) is 1. The predicted molar refractivity (Wildman–Crippen MR) is 72.9 cm³/mol. The Morgan fingerprint density at radius 3 is 2.82 bits per heavy atom. The molecule has 2 unspecified atom stereocenters. The number of aryl methyl sites for hydroxylation is 1. The van der Waals surface area contributed by atoms with Crippen LogP contribution >= 0.6 is 0 Å². The zero-order valence-corrected chi connectivity index (χ0v) is 10.8. The minimum absolute atomic E-state index is 0.538. The van der Waals surface area contributed by atoms with E-state index in [-0.39, 0.29) is 0 Å². The van der Waals surface area contributed by atoms with Crippen molar-refractivity contribution < 1.29 is 0 Å². The van der Waals surface area contributed by atoms with Crippen LogP contribution in [0.15, 0.2) is 24.3 Å². The Balaban J connectivity index is 2.07. The lowest BCUT2D eigenvalue weighted by Crippen LogP contribution is -2.36. The van der Waals surface area contributed by atoms with E-state index in [0.29, 0.717) is 6.04 Å². The topological polar surface area (TPSA) is 12.0 Å². The molecule has 0 saturated heterocycles. The van der Waals surface area contributed by atoms with Crippen molar-refractivity contribution in [1.29, 1.82) is 0 Å². The van der Waals surface area contributed by atoms with Crippen LogP contribution in [-0.4, -0.2) is 13.1 Å². The summed E-state index contributed by atoms with van der Waals surface area (Å²) in [5.74, 6) is 6.94. The molecule has 1 aliphatic carbocycles. The molecular formula is C16H21N. The first kappa shape index (κ1) is 12.2. The minimum Gasteiger partial charge on any atom is -0.316 e. The molecule has 0 bridgehead atoms. The van der Waals surface area contributed by atoms with Gasteiger partial charge in [0.2, 0.25) is 0 Å². The van der Waals surface area contributed by atoms with E-state index in [9.17, 15) is 0 Å². The fraction of sp³-hybridized carbons (Fsp3) is 0.500. The first-order valence-corrected chi connectivity index (χ1v) is 6.48. The second-order valence-corrected chi connectivity index (χ2v) is 4.80. The van der Waals surface area contributed by atoms with Gasteiger partial charge in [-0.1, -0.05) is 24.3 Å². The van der Waals surface area contributed by atoms with E-state index in [0.717, 1.165) is 12.3 Å². The van der Waals surface area contributed by atoms with E-state index in [1.165, 1.54) is 24.8 Å². The lowest BCUT2D eigenvalue weighted by molar-refractivity contribution is 0.339. The van der Waals surface area contributed by atoms with Gasteiger partial charge in [0.25, 0.3) is 0 Å². The van der Waals surface area contributed by atoms with Gasteiger partial charge in [-0.3, -0.25) is 0 Å². The molecule has 2 rings (SSSR count). The third-order valence-electron chi connectivity index (χ3n) is 3.82. The highest BCUT2D eigenvalue weighted by Gasteiger charge is 2.24. The SMILES string of the molecule is CC#CCC(NC)C1CCc2ccccc2C1. The second-order valence-electron chi connectivity index (χ2n) is 4.80. The summed E-state index contributed by atoms with van der Waals surface area (Å²) in [4.78, 5) is 0. The highest BCUT2D eigenvalue weighted by molar-refractivity contribution is 5.30. The van der Waals surface area contributed by atoms with Crippen LogP contribution in [0.25, 0.3) is 0 Å². The fourth-order valence-corrected chi connectivity index (χ4v) is 2.79. The van der Waals surface area contributed by atoms with Crippen LogP contribution < -0.4 is 5.32 Å². The Labute approximate surface area is 105 Å². The second kappa shape index (κ2) is 5.89. The highest BCUT2D eigenvalue weighted by Crippen LogP contribution is 2.28. The monoisotopic (exact) mass is 227 g/mol. The summed E-state index contributed by atoms with van der Waals surface area (Å²) in [7, 11) is 2.06. The third kappa shape index (κ3) is 2.90. The van der Waals surface area contributed by atoms with Crippen LogP contribution in [0, 0.1) is 17.8 Å². The summed E-state index contributed by atoms with van der Waals surface area (Å²) in [6.07, 6.45) is 4.68. The molecule has 0 heterocycles. The van der Waals surface area contributed by atoms with Crippen molar-refractivity contribution >= 4 is 0 Å². The zero-order valence-electron chi connectivity index (χ0n) is 10.8. The lowest BCUT2D eigenvalue weighted by Gasteiger charge is -2.30. The van der Waals surface area contributed by atoms with E-state index in [1.807, 2.05) is 6.92 Å². The highest BCUT2D eigenvalue weighted by atomic mass is 14.9. The number of hydrogen-bond donors (Lipinski definition) is 1. The molecule has 0 fully saturated rings. The summed E-state index contributed by atoms with van der Waals surface area (Å²) >= 11 is 0. The molecule has 1 aromatic carbocycles. The Kier molecular flexibility index (Phi) is 4.23. The Hall–Kier alpha value is -1.26. The molecule has 1 heteroatoms. The van der Waals surface area contributed by atoms with Gasteiger partial charge < -0.3 is 5.32 Å². The van der Waals surface area contributed by atoms with Gasteiger partial charge in [-0.05, 0) is 50.3 Å². The maximum Gasteiger partial charge on any atom is 0.0245 e. The van der Waals surface area contributed by atoms with E-state index in [4.69, 9.17) is 0 Å². The smallest absolute Gasteiger partial charge is 0.0245 e. The van der Waals surface area contributed by atoms with Crippen LogP contribution in [0.5, 0.6) is 0 Å². The van der Waals surface area contributed by atoms with Gasteiger partial charge in [0.1, 0.15) is 0 Å². The summed E-state index contributed by atoms with van der Waals surface area (Å²) < 4.78 is 0. The van der Waals surface area contributed by atoms with Crippen molar-refractivity contribution in [2.24, 2.45) is 5.92 Å². The molecule has 0 saturated carbocycles. The molecular weight excluding hydrogens is 206 g/mol. The Bertz CT molecular complexity index is 425. The van der Waals surface area contributed by atoms with Crippen molar-refractivity contribution in [1.82, 2.24) is 5.32 Å². The molecule has 17 heavy (non-hydrogen) atoms. The summed E-state index contributed by atoms with van der Waals surface area (Å²) in [5.41, 5.74) is 3.08. The van der Waals surface area contributed by atoms with Crippen molar-refractivity contribution in [2.75, 3.05) is 7.05 Å². The minimum atomic E-state index is 0.538. The third-order valence-corrected chi connectivity index (χ3v) is 3.82. The molecule has 1 aliphatic rings. The standard InChI is InChI=1S/C16H21N/c1-3-4-9-16(17-2)15-11-10-13-7-5-6-8-14(13)12-15/h5-8,15-17H,9-12H2,1-2H3. The number of fused-ring (bicyclic) bond motifs is 1. The van der Waals surface area contributed by atoms with E-state index >= 15 is 0 Å². The molecule has 0 aliphatic heterocycles. The van der Waals surface area contributed by atoms with Crippen LogP contribution in [0.4, 0.5) is 0 Å². The van der Waals surface area contributed by atoms with Gasteiger partial charge in [0.15, 0.2) is 0 Å². The van der Waals surface area contributed by atoms with Gasteiger partial charge >= 0.3 is 0 Å². The van der Waals surface area contributed by atoms with Crippen molar-refractivity contribution in [2.45, 2.75) is 38.6 Å². The molecule has 0 spiro atoms. The number of hydrogen-bond acceptors (Lipinski definition) is 1. The first-order valence-electron chi connectivity index (χ1n) is 6.48. The quantitative estimate of drug-likeness (QED) is 0.783. The van der Waals surface area contributed by atoms with Crippen LogP contribution in [0.1, 0.15) is 30.9 Å². The van der Waals surface area contributed by atoms with Crippen molar-refractivity contribution in [3.63, 3.8) is 0 Å². The van der Waals surface area contributed by atoms with E-state index in [1.54, 1.807) is 5.56 Å². The molecule has 1 aromatic rings. The number of rotatable bonds is 3. The Morgan fingerprint density at radius 1 is 1.35 bits per heavy atom. The zero-order chi connectivity index (χ0) is 12.1. The average Bonchev–Trinajstić information content (AvgIpc) is 2.39. The lowest BCUT2D eigenvalue weighted by atomic mass is 9.79. The fourth-order valence-electron chi connectivity index (χ4n) is 2.79. The van der Waals surface area contributed by atoms with Gasteiger partial charge in [-0.15, -0.1) is 11.8 Å². The maximum atomic E-state index is 3.43.